The molecule has 8 aromatic carbocycles. The summed E-state index contributed by atoms with van der Waals surface area (Å²) < 4.78 is 53.6. The fraction of sp³-hybridized carbons (Fsp3) is 0.125. The normalized spacial score (nSPS) is 11.9. The van der Waals surface area contributed by atoms with Crippen molar-refractivity contribution in [2.45, 2.75) is 61.6 Å². The number of hydrogen-bond acceptors (Lipinski definition) is 15. The molecule has 92 heavy (non-hydrogen) atoms. The first-order chi connectivity index (χ1) is 44.4. The lowest BCUT2D eigenvalue weighted by Crippen LogP contribution is -2.10. The van der Waals surface area contributed by atoms with E-state index in [9.17, 15) is 0 Å². The van der Waals surface area contributed by atoms with Crippen LogP contribution in [0, 0.1) is 55.4 Å². The second-order valence-corrected chi connectivity index (χ2v) is 22.6. The van der Waals surface area contributed by atoms with Crippen LogP contribution in [-0.4, -0.2) is 83.9 Å². The van der Waals surface area contributed by atoms with Gasteiger partial charge in [0.1, 0.15) is 46.6 Å². The van der Waals surface area contributed by atoms with Crippen molar-refractivity contribution in [3.63, 3.8) is 0 Å². The molecule has 0 aliphatic rings. The molecule has 15 rings (SSSR count). The Labute approximate surface area is 524 Å². The van der Waals surface area contributed by atoms with E-state index < -0.39 is 11.7 Å². The van der Waals surface area contributed by atoms with Gasteiger partial charge in [-0.1, -0.05) is 60.7 Å². The molecule has 0 unspecified atom stereocenters. The number of alkyl halides is 3. The molecular formula is C72H52F3N17. The molecule has 7 heterocycles. The summed E-state index contributed by atoms with van der Waals surface area (Å²) in [5.41, 5.74) is 7.68. The fourth-order valence-electron chi connectivity index (χ4n) is 12.3. The number of halogens is 3. The van der Waals surface area contributed by atoms with Crippen LogP contribution in [0.4, 0.5) is 13.2 Å². The highest BCUT2D eigenvalue weighted by molar-refractivity contribution is 6.13. The van der Waals surface area contributed by atoms with Crippen molar-refractivity contribution in [2.24, 2.45) is 0 Å². The van der Waals surface area contributed by atoms with Gasteiger partial charge in [0, 0.05) is 71.7 Å². The SMILES string of the molecule is Cc1nc(C)nc(-c2ccc3c(c2)c2cc(-c4nc(C)nc(C)n4)ccc2n3-c2ccc(C(F)(F)F)c(-c3cc(-c4nc(-c5ccccc5)nc(-c5ccccc5)n4)ccc3-n3c4ccc(-c5nc(C)nc(C)n5)cc4c4cc(-c5nc(C)nc(C)n5)ccc43)c2)n1. The molecule has 17 nitrogen and oxygen atoms in total. The molecular weight excluding hydrogens is 1160 g/mol. The van der Waals surface area contributed by atoms with Gasteiger partial charge in [0.05, 0.1) is 33.3 Å². The molecule has 0 bridgehead atoms. The maximum Gasteiger partial charge on any atom is 0.417 e. The third-order valence-electron chi connectivity index (χ3n) is 16.1. The highest BCUT2D eigenvalue weighted by Gasteiger charge is 2.36. The Bertz CT molecular complexity index is 5160. The molecule has 20 heteroatoms. The lowest BCUT2D eigenvalue weighted by Gasteiger charge is -2.21. The Morgan fingerprint density at radius 3 is 0.913 bits per heavy atom. The van der Waals surface area contributed by atoms with Crippen molar-refractivity contribution in [3.8, 4) is 102 Å². The van der Waals surface area contributed by atoms with Crippen LogP contribution in [0.5, 0.6) is 0 Å². The second kappa shape index (κ2) is 22.1. The van der Waals surface area contributed by atoms with E-state index in [1.165, 1.54) is 12.1 Å². The summed E-state index contributed by atoms with van der Waals surface area (Å²) in [6.07, 6.45) is -4.87. The molecule has 0 aliphatic heterocycles. The molecule has 0 atom stereocenters. The monoisotopic (exact) mass is 1210 g/mol. The van der Waals surface area contributed by atoms with Crippen LogP contribution in [0.1, 0.15) is 52.2 Å². The van der Waals surface area contributed by atoms with Crippen molar-refractivity contribution in [2.75, 3.05) is 0 Å². The molecule has 0 aliphatic carbocycles. The van der Waals surface area contributed by atoms with Crippen LogP contribution in [0.15, 0.2) is 170 Å². The van der Waals surface area contributed by atoms with Crippen molar-refractivity contribution < 1.29 is 13.2 Å². The minimum Gasteiger partial charge on any atom is -0.309 e. The molecule has 0 fully saturated rings. The van der Waals surface area contributed by atoms with Gasteiger partial charge >= 0.3 is 6.18 Å². The van der Waals surface area contributed by atoms with Gasteiger partial charge in [-0.05, 0) is 170 Å². The van der Waals surface area contributed by atoms with E-state index in [0.717, 1.165) is 43.8 Å². The number of rotatable bonds is 10. The van der Waals surface area contributed by atoms with Crippen LogP contribution < -0.4 is 0 Å². The number of aromatic nitrogens is 17. The summed E-state index contributed by atoms with van der Waals surface area (Å²) in [5.74, 6) is 7.41. The molecule has 446 valence electrons. The molecule has 0 saturated heterocycles. The van der Waals surface area contributed by atoms with Gasteiger partial charge in [-0.15, -0.1) is 0 Å². The maximum atomic E-state index is 16.5. The van der Waals surface area contributed by atoms with E-state index in [0.29, 0.717) is 132 Å². The van der Waals surface area contributed by atoms with Crippen molar-refractivity contribution in [3.05, 3.63) is 222 Å². The highest BCUT2D eigenvalue weighted by Crippen LogP contribution is 2.46. The van der Waals surface area contributed by atoms with E-state index in [4.69, 9.17) is 54.8 Å². The zero-order valence-corrected chi connectivity index (χ0v) is 50.9. The average molecular weight is 1210 g/mol. The number of aryl methyl sites for hydroxylation is 8. The summed E-state index contributed by atoms with van der Waals surface area (Å²) in [6.45, 7) is 14.6. The lowest BCUT2D eigenvalue weighted by molar-refractivity contribution is -0.137. The molecule has 15 aromatic rings. The summed E-state index contributed by atoms with van der Waals surface area (Å²) >= 11 is 0. The molecule has 0 amide bonds. The van der Waals surface area contributed by atoms with Gasteiger partial charge in [0.25, 0.3) is 0 Å². The predicted molar refractivity (Wildman–Crippen MR) is 348 cm³/mol. The fourth-order valence-corrected chi connectivity index (χ4v) is 12.3. The first-order valence-electron chi connectivity index (χ1n) is 29.6. The molecule has 0 spiro atoms. The molecule has 0 N–H and O–H groups in total. The second-order valence-electron chi connectivity index (χ2n) is 22.6. The molecule has 7 aromatic heterocycles. The topological polar surface area (TPSA) is 203 Å². The maximum absolute atomic E-state index is 16.5. The van der Waals surface area contributed by atoms with E-state index in [2.05, 4.69) is 19.9 Å². The Balaban J connectivity index is 1.03. The Morgan fingerprint density at radius 2 is 0.565 bits per heavy atom. The minimum atomic E-state index is -4.87. The Kier molecular flexibility index (Phi) is 13.6. The van der Waals surface area contributed by atoms with Crippen molar-refractivity contribution in [1.82, 2.24) is 83.9 Å². The summed E-state index contributed by atoms with van der Waals surface area (Å²) in [7, 11) is 0. The smallest absolute Gasteiger partial charge is 0.309 e. The summed E-state index contributed by atoms with van der Waals surface area (Å²) in [5, 5.41) is 3.11. The first-order valence-corrected chi connectivity index (χ1v) is 29.6. The largest absolute Gasteiger partial charge is 0.417 e. The van der Waals surface area contributed by atoms with Crippen LogP contribution in [0.25, 0.3) is 146 Å². The highest BCUT2D eigenvalue weighted by atomic mass is 19.4. The molecule has 0 saturated carbocycles. The standard InChI is InChI=1S/C72H52F3N17/c1-37-76-38(2)81-67(80-37)47-19-26-60-55(32-47)56-33-48(68-82-39(3)77-40(4)83-68)20-27-61(56)91(60)52-24-25-59(72(73,74)75)53(36-52)54-31-51(71-89-65(45-15-11-9-12-16-45)88-66(90-71)46-17-13-10-14-18-46)23-28-62(54)92-63-29-21-49(69-84-41(5)78-42(6)85-69)34-57(63)58-35-50(22-30-64(58)92)70-86-43(7)79-44(8)87-70/h9-36H,1-8H3. The third kappa shape index (κ3) is 10.4. The van der Waals surface area contributed by atoms with Crippen molar-refractivity contribution in [1.29, 1.82) is 0 Å². The van der Waals surface area contributed by atoms with Crippen LogP contribution in [-0.2, 0) is 6.18 Å². The molecule has 0 radical (unpaired) electrons. The number of benzene rings is 8. The van der Waals surface area contributed by atoms with E-state index in [1.807, 2.05) is 210 Å². The van der Waals surface area contributed by atoms with Gasteiger partial charge in [0.15, 0.2) is 40.8 Å². The van der Waals surface area contributed by atoms with Crippen LogP contribution in [0.3, 0.4) is 0 Å². The number of nitrogens with zero attached hydrogens (tertiary/aromatic N) is 17. The van der Waals surface area contributed by atoms with Gasteiger partial charge in [-0.25, -0.2) is 74.8 Å². The predicted octanol–water partition coefficient (Wildman–Crippen LogP) is 15.6. The zero-order chi connectivity index (χ0) is 63.3. The first kappa shape index (κ1) is 56.7. The minimum absolute atomic E-state index is 0.113. The van der Waals surface area contributed by atoms with E-state index in [-0.39, 0.29) is 17.0 Å². The van der Waals surface area contributed by atoms with Gasteiger partial charge in [-0.2, -0.15) is 13.2 Å². The van der Waals surface area contributed by atoms with Crippen LogP contribution in [0.2, 0.25) is 0 Å². The Morgan fingerprint density at radius 1 is 0.261 bits per heavy atom. The van der Waals surface area contributed by atoms with Crippen LogP contribution >= 0.6 is 0 Å². The average Bonchev–Trinajstić information content (AvgIpc) is 1.58. The van der Waals surface area contributed by atoms with Gasteiger partial charge < -0.3 is 9.13 Å². The van der Waals surface area contributed by atoms with Crippen molar-refractivity contribution >= 4 is 43.6 Å². The lowest BCUT2D eigenvalue weighted by atomic mass is 9.94. The number of fused-ring (bicyclic) bond motifs is 6. The number of hydrogen-bond donors (Lipinski definition) is 0. The van der Waals surface area contributed by atoms with Gasteiger partial charge in [-0.3, -0.25) is 0 Å². The summed E-state index contributed by atoms with van der Waals surface area (Å²) in [6, 6.07) is 52.4. The summed E-state index contributed by atoms with van der Waals surface area (Å²) in [4.78, 5) is 70.7. The quantitative estimate of drug-likeness (QED) is 0.125. The Hall–Kier alpha value is -11.8. The van der Waals surface area contributed by atoms with Gasteiger partial charge in [0.2, 0.25) is 0 Å². The zero-order valence-electron chi connectivity index (χ0n) is 50.9. The van der Waals surface area contributed by atoms with E-state index >= 15 is 13.2 Å². The third-order valence-corrected chi connectivity index (χ3v) is 16.1. The van der Waals surface area contributed by atoms with E-state index in [1.54, 1.807) is 12.1 Å².